The summed E-state index contributed by atoms with van der Waals surface area (Å²) in [4.78, 5) is 4.34. The van der Waals surface area contributed by atoms with Crippen LogP contribution in [0.3, 0.4) is 0 Å². The Morgan fingerprint density at radius 1 is 1.26 bits per heavy atom. The Hall–Kier alpha value is -2.56. The Morgan fingerprint density at radius 2 is 2.00 bits per heavy atom. The normalized spacial score (nSPS) is 20.2. The first-order valence-electron chi connectivity index (χ1n) is 7.62. The van der Waals surface area contributed by atoms with E-state index in [9.17, 15) is 4.39 Å². The van der Waals surface area contributed by atoms with Gasteiger partial charge in [0.15, 0.2) is 5.96 Å². The molecule has 3 rings (SSSR count). The molecule has 0 saturated heterocycles. The molecule has 1 aliphatic carbocycles. The van der Waals surface area contributed by atoms with Crippen molar-refractivity contribution >= 4 is 5.96 Å². The zero-order chi connectivity index (χ0) is 16.2. The van der Waals surface area contributed by atoms with E-state index in [0.29, 0.717) is 12.5 Å². The van der Waals surface area contributed by atoms with Crippen LogP contribution in [0, 0.1) is 5.82 Å². The molecule has 2 aromatic carbocycles. The highest BCUT2D eigenvalue weighted by Gasteiger charge is 2.40. The summed E-state index contributed by atoms with van der Waals surface area (Å²) in [5.41, 5.74) is 7.65. The highest BCUT2D eigenvalue weighted by Crippen LogP contribution is 2.41. The molecule has 2 atom stereocenters. The summed E-state index contributed by atoms with van der Waals surface area (Å²) in [6.45, 7) is 0.444. The number of hydrogen-bond acceptors (Lipinski definition) is 2. The lowest BCUT2D eigenvalue weighted by Crippen LogP contribution is -2.34. The second-order valence-electron chi connectivity index (χ2n) is 5.63. The van der Waals surface area contributed by atoms with Gasteiger partial charge in [-0.25, -0.2) is 9.38 Å². The lowest BCUT2D eigenvalue weighted by atomic mass is 10.1. The van der Waals surface area contributed by atoms with Crippen LogP contribution in [-0.2, 0) is 6.54 Å². The van der Waals surface area contributed by atoms with Crippen LogP contribution in [0.1, 0.15) is 23.5 Å². The van der Waals surface area contributed by atoms with Crippen LogP contribution < -0.4 is 15.8 Å². The molecule has 0 aliphatic heterocycles. The van der Waals surface area contributed by atoms with Crippen LogP contribution in [0.4, 0.5) is 4.39 Å². The maximum absolute atomic E-state index is 13.7. The first kappa shape index (κ1) is 15.3. The van der Waals surface area contributed by atoms with Gasteiger partial charge in [0.25, 0.3) is 0 Å². The van der Waals surface area contributed by atoms with Crippen molar-refractivity contribution in [3.63, 3.8) is 0 Å². The van der Waals surface area contributed by atoms with Crippen molar-refractivity contribution in [2.75, 3.05) is 7.11 Å². The maximum atomic E-state index is 13.7. The fourth-order valence-electron chi connectivity index (χ4n) is 2.71. The molecule has 0 spiro atoms. The quantitative estimate of drug-likeness (QED) is 0.659. The number of nitrogens with zero attached hydrogens (tertiary/aromatic N) is 1. The van der Waals surface area contributed by atoms with Gasteiger partial charge >= 0.3 is 0 Å². The van der Waals surface area contributed by atoms with Crippen LogP contribution in [0.5, 0.6) is 5.75 Å². The summed E-state index contributed by atoms with van der Waals surface area (Å²) in [6.07, 6.45) is 0.867. The molecule has 1 fully saturated rings. The standard InChI is InChI=1S/C18H20FN3O/c1-23-17-9-5-2-6-12(17)11-21-18(20)22-16-10-14(16)13-7-3-4-8-15(13)19/h2-9,14,16H,10-11H2,1H3,(H3,20,21,22)/t14-,16+/m0/s1. The number of rotatable bonds is 5. The second-order valence-corrected chi connectivity index (χ2v) is 5.63. The molecule has 1 saturated carbocycles. The van der Waals surface area contributed by atoms with Crippen LogP contribution in [0.2, 0.25) is 0 Å². The molecule has 120 valence electrons. The van der Waals surface area contributed by atoms with E-state index in [4.69, 9.17) is 10.5 Å². The number of hydrogen-bond donors (Lipinski definition) is 2. The summed E-state index contributed by atoms with van der Waals surface area (Å²) in [5, 5.41) is 3.16. The number of halogens is 1. The second kappa shape index (κ2) is 6.69. The summed E-state index contributed by atoms with van der Waals surface area (Å²) in [6, 6.07) is 14.7. The number of guanidine groups is 1. The monoisotopic (exact) mass is 313 g/mol. The Balaban J connectivity index is 1.58. The van der Waals surface area contributed by atoms with Gasteiger partial charge < -0.3 is 15.8 Å². The van der Waals surface area contributed by atoms with Crippen molar-refractivity contribution < 1.29 is 9.13 Å². The molecule has 0 amide bonds. The Bertz CT molecular complexity index is 717. The fourth-order valence-corrected chi connectivity index (χ4v) is 2.71. The van der Waals surface area contributed by atoms with E-state index >= 15 is 0 Å². The maximum Gasteiger partial charge on any atom is 0.189 e. The molecular formula is C18H20FN3O. The van der Waals surface area contributed by atoms with Crippen molar-refractivity contribution in [1.29, 1.82) is 0 Å². The molecule has 2 aromatic rings. The molecule has 0 heterocycles. The van der Waals surface area contributed by atoms with Gasteiger partial charge in [-0.1, -0.05) is 36.4 Å². The highest BCUT2D eigenvalue weighted by atomic mass is 19.1. The first-order chi connectivity index (χ1) is 11.2. The Labute approximate surface area is 135 Å². The number of ether oxygens (including phenoxy) is 1. The lowest BCUT2D eigenvalue weighted by molar-refractivity contribution is 0.410. The first-order valence-corrected chi connectivity index (χ1v) is 7.62. The predicted molar refractivity (Wildman–Crippen MR) is 89.0 cm³/mol. The van der Waals surface area contributed by atoms with Crippen molar-refractivity contribution in [3.05, 3.63) is 65.5 Å². The molecule has 0 aromatic heterocycles. The van der Waals surface area contributed by atoms with E-state index in [2.05, 4.69) is 10.3 Å². The third-order valence-corrected chi connectivity index (χ3v) is 4.04. The third-order valence-electron chi connectivity index (χ3n) is 4.04. The van der Waals surface area contributed by atoms with Gasteiger partial charge in [0, 0.05) is 17.5 Å². The zero-order valence-corrected chi connectivity index (χ0v) is 13.0. The zero-order valence-electron chi connectivity index (χ0n) is 13.0. The third kappa shape index (κ3) is 3.62. The summed E-state index contributed by atoms with van der Waals surface area (Å²) >= 11 is 0. The number of nitrogens with one attached hydrogen (secondary N) is 1. The van der Waals surface area contributed by atoms with Crippen LogP contribution in [0.25, 0.3) is 0 Å². The van der Waals surface area contributed by atoms with E-state index in [-0.39, 0.29) is 17.8 Å². The minimum Gasteiger partial charge on any atom is -0.496 e. The van der Waals surface area contributed by atoms with E-state index < -0.39 is 0 Å². The van der Waals surface area contributed by atoms with E-state index in [1.54, 1.807) is 13.2 Å². The summed E-state index contributed by atoms with van der Waals surface area (Å²) in [5.74, 6) is 1.17. The molecule has 0 radical (unpaired) electrons. The Kier molecular flexibility index (Phi) is 4.46. The number of para-hydroxylation sites is 1. The Morgan fingerprint density at radius 3 is 2.78 bits per heavy atom. The van der Waals surface area contributed by atoms with Crippen molar-refractivity contribution in [2.45, 2.75) is 24.9 Å². The van der Waals surface area contributed by atoms with Gasteiger partial charge in [-0.15, -0.1) is 0 Å². The number of benzene rings is 2. The summed E-state index contributed by atoms with van der Waals surface area (Å²) < 4.78 is 19.0. The smallest absolute Gasteiger partial charge is 0.189 e. The number of methoxy groups -OCH3 is 1. The van der Waals surface area contributed by atoms with Crippen LogP contribution >= 0.6 is 0 Å². The van der Waals surface area contributed by atoms with Gasteiger partial charge in [-0.3, -0.25) is 0 Å². The molecule has 0 unspecified atom stereocenters. The summed E-state index contributed by atoms with van der Waals surface area (Å²) in [7, 11) is 1.63. The highest BCUT2D eigenvalue weighted by molar-refractivity contribution is 5.78. The van der Waals surface area contributed by atoms with Crippen LogP contribution in [0.15, 0.2) is 53.5 Å². The minimum atomic E-state index is -0.161. The van der Waals surface area contributed by atoms with Gasteiger partial charge in [0.2, 0.25) is 0 Å². The molecule has 4 nitrogen and oxygen atoms in total. The average molecular weight is 313 g/mol. The van der Waals surface area contributed by atoms with Crippen molar-refractivity contribution in [1.82, 2.24) is 5.32 Å². The van der Waals surface area contributed by atoms with Crippen molar-refractivity contribution in [3.8, 4) is 5.75 Å². The van der Waals surface area contributed by atoms with Crippen molar-refractivity contribution in [2.24, 2.45) is 10.7 Å². The molecule has 23 heavy (non-hydrogen) atoms. The lowest BCUT2D eigenvalue weighted by Gasteiger charge is -2.08. The predicted octanol–water partition coefficient (Wildman–Crippen LogP) is 2.79. The fraction of sp³-hybridized carbons (Fsp3) is 0.278. The average Bonchev–Trinajstić information content (AvgIpc) is 3.32. The van der Waals surface area contributed by atoms with Crippen LogP contribution in [-0.4, -0.2) is 19.1 Å². The number of nitrogens with two attached hydrogens (primary N) is 1. The SMILES string of the molecule is COc1ccccc1CN=C(N)N[C@@H]1C[C@H]1c1ccccc1F. The largest absolute Gasteiger partial charge is 0.496 e. The van der Waals surface area contributed by atoms with Gasteiger partial charge in [-0.2, -0.15) is 0 Å². The van der Waals surface area contributed by atoms with E-state index in [1.165, 1.54) is 6.07 Å². The van der Waals surface area contributed by atoms with E-state index in [0.717, 1.165) is 23.3 Å². The topological polar surface area (TPSA) is 59.6 Å². The number of aliphatic imine (C=N–C) groups is 1. The molecule has 5 heteroatoms. The molecule has 0 bridgehead atoms. The van der Waals surface area contributed by atoms with E-state index in [1.807, 2.05) is 36.4 Å². The van der Waals surface area contributed by atoms with Gasteiger partial charge in [0.05, 0.1) is 13.7 Å². The minimum absolute atomic E-state index is 0.147. The van der Waals surface area contributed by atoms with Gasteiger partial charge in [-0.05, 0) is 24.1 Å². The molecule has 3 N–H and O–H groups in total. The molecular weight excluding hydrogens is 293 g/mol. The van der Waals surface area contributed by atoms with Gasteiger partial charge in [0.1, 0.15) is 11.6 Å². The molecule has 1 aliphatic rings.